The Morgan fingerprint density at radius 2 is 1.96 bits per heavy atom. The highest BCUT2D eigenvalue weighted by atomic mass is 35.5. The fourth-order valence-electron chi connectivity index (χ4n) is 2.26. The van der Waals surface area contributed by atoms with Gasteiger partial charge in [0.15, 0.2) is 0 Å². The summed E-state index contributed by atoms with van der Waals surface area (Å²) in [5.74, 6) is -0.778. The topological polar surface area (TPSA) is 99.0 Å². The Labute approximate surface area is 153 Å². The summed E-state index contributed by atoms with van der Waals surface area (Å²) < 4.78 is 6.28. The minimum atomic E-state index is -0.413. The highest BCUT2D eigenvalue weighted by Gasteiger charge is 2.15. The van der Waals surface area contributed by atoms with Crippen molar-refractivity contribution in [3.63, 3.8) is 0 Å². The van der Waals surface area contributed by atoms with Crippen molar-refractivity contribution in [3.8, 4) is 5.69 Å². The zero-order valence-corrected chi connectivity index (χ0v) is 14.5. The van der Waals surface area contributed by atoms with Gasteiger partial charge >= 0.3 is 5.97 Å². The number of amides is 1. The molecule has 0 aliphatic rings. The molecule has 1 N–H and O–H groups in total. The number of carbonyl (C=O) groups is 2. The monoisotopic (exact) mass is 371 g/mol. The second-order valence-electron chi connectivity index (χ2n) is 5.17. The molecule has 2 aromatic carbocycles. The number of nitrogens with zero attached hydrogens (tertiary/aromatic N) is 4. The van der Waals surface area contributed by atoms with Crippen LogP contribution in [0.25, 0.3) is 5.69 Å². The fourth-order valence-corrected chi connectivity index (χ4v) is 2.43. The maximum atomic E-state index is 12.6. The number of carbonyl (C=O) groups excluding carboxylic acids is 2. The van der Waals surface area contributed by atoms with Gasteiger partial charge in [0.05, 0.1) is 23.4 Å². The summed E-state index contributed by atoms with van der Waals surface area (Å²) in [5.41, 5.74) is 1.73. The number of esters is 1. The Morgan fingerprint density at radius 3 is 2.62 bits per heavy atom. The molecule has 0 saturated heterocycles. The molecular weight excluding hydrogens is 358 g/mol. The molecule has 0 fully saturated rings. The van der Waals surface area contributed by atoms with E-state index in [1.54, 1.807) is 49.4 Å². The number of ether oxygens (including phenoxy) is 1. The normalized spacial score (nSPS) is 10.4. The summed E-state index contributed by atoms with van der Waals surface area (Å²) in [5, 5.41) is 14.1. The van der Waals surface area contributed by atoms with Crippen molar-refractivity contribution in [1.82, 2.24) is 20.2 Å². The summed E-state index contributed by atoms with van der Waals surface area (Å²) >= 11 is 6.01. The number of nitrogens with one attached hydrogen (secondary N) is 1. The number of anilines is 1. The van der Waals surface area contributed by atoms with Crippen molar-refractivity contribution in [2.75, 3.05) is 11.9 Å². The van der Waals surface area contributed by atoms with Crippen LogP contribution in [0, 0.1) is 0 Å². The first-order valence-corrected chi connectivity index (χ1v) is 8.07. The minimum Gasteiger partial charge on any atom is -0.462 e. The molecule has 0 aliphatic carbocycles. The molecule has 26 heavy (non-hydrogen) atoms. The summed E-state index contributed by atoms with van der Waals surface area (Å²) in [6.45, 7) is 2.04. The second-order valence-corrected chi connectivity index (χ2v) is 5.60. The lowest BCUT2D eigenvalue weighted by Crippen LogP contribution is -2.15. The van der Waals surface area contributed by atoms with Crippen LogP contribution in [-0.2, 0) is 4.74 Å². The summed E-state index contributed by atoms with van der Waals surface area (Å²) in [6.07, 6.45) is 1.37. The standard InChI is InChI=1S/C17H14ClN5O3/c1-2-26-17(25)11-3-6-13(7-4-11)20-16(24)14-8-5-12(18)9-15(14)23-10-19-21-22-23/h3-10H,2H2,1H3,(H,20,24). The molecule has 0 saturated carbocycles. The first-order valence-electron chi connectivity index (χ1n) is 7.70. The SMILES string of the molecule is CCOC(=O)c1ccc(NC(=O)c2ccc(Cl)cc2-n2cnnn2)cc1. The van der Waals surface area contributed by atoms with Gasteiger partial charge in [0, 0.05) is 10.7 Å². The predicted molar refractivity (Wildman–Crippen MR) is 94.5 cm³/mol. The minimum absolute atomic E-state index is 0.299. The number of tetrazole rings is 1. The van der Waals surface area contributed by atoms with Gasteiger partial charge in [-0.15, -0.1) is 5.10 Å². The van der Waals surface area contributed by atoms with Gasteiger partial charge in [-0.1, -0.05) is 11.6 Å². The van der Waals surface area contributed by atoms with Gasteiger partial charge in [0.1, 0.15) is 6.33 Å². The van der Waals surface area contributed by atoms with Gasteiger partial charge < -0.3 is 10.1 Å². The van der Waals surface area contributed by atoms with E-state index >= 15 is 0 Å². The first-order chi connectivity index (χ1) is 12.6. The van der Waals surface area contributed by atoms with E-state index in [2.05, 4.69) is 20.8 Å². The number of aromatic nitrogens is 4. The van der Waals surface area contributed by atoms with Crippen LogP contribution in [0.2, 0.25) is 5.02 Å². The number of rotatable bonds is 5. The largest absolute Gasteiger partial charge is 0.462 e. The zero-order chi connectivity index (χ0) is 18.5. The molecule has 0 spiro atoms. The van der Waals surface area contributed by atoms with Gasteiger partial charge in [-0.25, -0.2) is 4.79 Å². The maximum absolute atomic E-state index is 12.6. The molecule has 0 unspecified atom stereocenters. The van der Waals surface area contributed by atoms with Crippen LogP contribution < -0.4 is 5.32 Å². The van der Waals surface area contributed by atoms with Crippen LogP contribution >= 0.6 is 11.6 Å². The maximum Gasteiger partial charge on any atom is 0.338 e. The summed E-state index contributed by atoms with van der Waals surface area (Å²) in [6, 6.07) is 11.2. The summed E-state index contributed by atoms with van der Waals surface area (Å²) in [4.78, 5) is 24.3. The van der Waals surface area contributed by atoms with Crippen molar-refractivity contribution in [3.05, 3.63) is 64.9 Å². The summed E-state index contributed by atoms with van der Waals surface area (Å²) in [7, 11) is 0. The molecule has 132 valence electrons. The van der Waals surface area contributed by atoms with E-state index in [0.717, 1.165) is 0 Å². The molecule has 3 rings (SSSR count). The van der Waals surface area contributed by atoms with Crippen LogP contribution in [-0.4, -0.2) is 38.7 Å². The first kappa shape index (κ1) is 17.6. The quantitative estimate of drug-likeness (QED) is 0.692. The average Bonchev–Trinajstić information content (AvgIpc) is 3.17. The molecule has 0 bridgehead atoms. The molecule has 1 aromatic heterocycles. The molecule has 0 aliphatic heterocycles. The number of hydrogen-bond donors (Lipinski definition) is 1. The van der Waals surface area contributed by atoms with E-state index in [1.165, 1.54) is 11.0 Å². The second kappa shape index (κ2) is 7.75. The molecule has 9 heteroatoms. The van der Waals surface area contributed by atoms with Gasteiger partial charge in [0.25, 0.3) is 5.91 Å². The molecule has 0 atom stereocenters. The van der Waals surface area contributed by atoms with Crippen LogP contribution in [0.15, 0.2) is 48.8 Å². The van der Waals surface area contributed by atoms with E-state index in [9.17, 15) is 9.59 Å². The van der Waals surface area contributed by atoms with Crippen molar-refractivity contribution >= 4 is 29.2 Å². The number of benzene rings is 2. The number of hydrogen-bond acceptors (Lipinski definition) is 6. The molecule has 0 radical (unpaired) electrons. The lowest BCUT2D eigenvalue weighted by Gasteiger charge is -2.10. The Morgan fingerprint density at radius 1 is 1.19 bits per heavy atom. The van der Waals surface area contributed by atoms with Crippen molar-refractivity contribution in [1.29, 1.82) is 0 Å². The van der Waals surface area contributed by atoms with E-state index < -0.39 is 5.97 Å². The highest BCUT2D eigenvalue weighted by Crippen LogP contribution is 2.21. The van der Waals surface area contributed by atoms with E-state index in [1.807, 2.05) is 0 Å². The van der Waals surface area contributed by atoms with Gasteiger partial charge in [-0.2, -0.15) is 4.68 Å². The molecule has 8 nitrogen and oxygen atoms in total. The van der Waals surface area contributed by atoms with Crippen LogP contribution in [0.1, 0.15) is 27.6 Å². The third-order valence-corrected chi connectivity index (χ3v) is 3.69. The smallest absolute Gasteiger partial charge is 0.338 e. The van der Waals surface area contributed by atoms with E-state index in [0.29, 0.717) is 34.1 Å². The fraction of sp³-hybridized carbons (Fsp3) is 0.118. The van der Waals surface area contributed by atoms with Crippen LogP contribution in [0.3, 0.4) is 0 Å². The molecule has 1 amide bonds. The van der Waals surface area contributed by atoms with Crippen molar-refractivity contribution in [2.45, 2.75) is 6.92 Å². The predicted octanol–water partition coefficient (Wildman–Crippen LogP) is 2.74. The van der Waals surface area contributed by atoms with Crippen LogP contribution in [0.4, 0.5) is 5.69 Å². The van der Waals surface area contributed by atoms with Crippen molar-refractivity contribution in [2.24, 2.45) is 0 Å². The zero-order valence-electron chi connectivity index (χ0n) is 13.7. The Bertz CT molecular complexity index is 926. The number of halogens is 1. The lowest BCUT2D eigenvalue weighted by atomic mass is 10.1. The van der Waals surface area contributed by atoms with Gasteiger partial charge in [-0.05, 0) is 59.8 Å². The highest BCUT2D eigenvalue weighted by molar-refractivity contribution is 6.31. The van der Waals surface area contributed by atoms with Crippen LogP contribution in [0.5, 0.6) is 0 Å². The third kappa shape index (κ3) is 3.86. The van der Waals surface area contributed by atoms with Gasteiger partial charge in [0.2, 0.25) is 0 Å². The van der Waals surface area contributed by atoms with Gasteiger partial charge in [-0.3, -0.25) is 4.79 Å². The molecule has 3 aromatic rings. The lowest BCUT2D eigenvalue weighted by molar-refractivity contribution is 0.0526. The molecule has 1 heterocycles. The average molecular weight is 372 g/mol. The third-order valence-electron chi connectivity index (χ3n) is 3.45. The Hall–Kier alpha value is -3.26. The van der Waals surface area contributed by atoms with E-state index in [4.69, 9.17) is 16.3 Å². The van der Waals surface area contributed by atoms with E-state index in [-0.39, 0.29) is 5.91 Å². The Balaban J connectivity index is 1.82. The Kier molecular flexibility index (Phi) is 5.23. The van der Waals surface area contributed by atoms with Crippen molar-refractivity contribution < 1.29 is 14.3 Å². The molecular formula is C17H14ClN5O3.